The van der Waals surface area contributed by atoms with Crippen molar-refractivity contribution >= 4 is 50.5 Å². The minimum absolute atomic E-state index is 0.0378. The van der Waals surface area contributed by atoms with Crippen LogP contribution in [0.5, 0.6) is 11.5 Å². The van der Waals surface area contributed by atoms with E-state index in [4.69, 9.17) is 23.4 Å². The van der Waals surface area contributed by atoms with Crippen LogP contribution in [0, 0.1) is 18.2 Å². The van der Waals surface area contributed by atoms with Crippen molar-refractivity contribution in [3.63, 3.8) is 0 Å². The molecule has 188 valence electrons. The smallest absolute Gasteiger partial charge is 0.230 e. The largest absolute Gasteiger partial charge is 0.453 e. The Labute approximate surface area is 227 Å². The zero-order valence-electron chi connectivity index (χ0n) is 20.1. The first-order valence-corrected chi connectivity index (χ1v) is 12.6. The fraction of sp³-hybridized carbons (Fsp3) is 0.0714. The number of carbonyl (C=O) groups excluding carboxylic acids is 1. The summed E-state index contributed by atoms with van der Waals surface area (Å²) in [5.74, 6) is 2.94. The van der Waals surface area contributed by atoms with Crippen LogP contribution in [0.25, 0.3) is 20.9 Å². The van der Waals surface area contributed by atoms with E-state index in [2.05, 4.69) is 26.5 Å². The van der Waals surface area contributed by atoms with Crippen molar-refractivity contribution in [2.45, 2.75) is 6.42 Å². The third-order valence-electron chi connectivity index (χ3n) is 5.60. The maximum Gasteiger partial charge on any atom is 0.230 e. The number of pyridine rings is 1. The first-order valence-electron chi connectivity index (χ1n) is 11.4. The molecule has 10 heteroatoms. The number of halogens is 1. The zero-order chi connectivity index (χ0) is 26.6. The molecule has 0 saturated carbocycles. The molecule has 3 heterocycles. The average Bonchev–Trinajstić information content (AvgIpc) is 3.52. The van der Waals surface area contributed by atoms with Crippen LogP contribution in [-0.4, -0.2) is 25.6 Å². The molecule has 0 atom stereocenters. The Morgan fingerprint density at radius 1 is 1.16 bits per heavy atom. The van der Waals surface area contributed by atoms with Crippen LogP contribution in [-0.2, 0) is 18.3 Å². The minimum Gasteiger partial charge on any atom is -0.453 e. The van der Waals surface area contributed by atoms with Crippen molar-refractivity contribution in [1.29, 1.82) is 0 Å². The fourth-order valence-electron chi connectivity index (χ4n) is 3.81. The number of aromatic nitrogens is 3. The highest BCUT2D eigenvalue weighted by Crippen LogP contribution is 2.39. The molecule has 2 aromatic carbocycles. The van der Waals surface area contributed by atoms with Crippen LogP contribution < -0.4 is 15.4 Å². The Bertz CT molecular complexity index is 1720. The molecule has 0 radical (unpaired) electrons. The van der Waals surface area contributed by atoms with E-state index in [-0.39, 0.29) is 23.2 Å². The number of rotatable bonds is 6. The van der Waals surface area contributed by atoms with Crippen molar-refractivity contribution in [3.05, 3.63) is 90.1 Å². The molecule has 0 saturated heterocycles. The number of carbonyl (C=O) groups is 1. The van der Waals surface area contributed by atoms with E-state index in [0.29, 0.717) is 22.6 Å². The maximum absolute atomic E-state index is 15.0. The third kappa shape index (κ3) is 5.39. The molecule has 5 rings (SSSR count). The SMILES string of the molecule is C#Cc1ccccc1CC(=O)NC(=S)Nc1ccc(Oc2ccnc3cc(-c4nccn4C)sc23)c(F)c1. The second kappa shape index (κ2) is 10.8. The molecule has 0 aliphatic rings. The van der Waals surface area contributed by atoms with Gasteiger partial charge in [-0.2, -0.15) is 0 Å². The van der Waals surface area contributed by atoms with Crippen LogP contribution in [0.1, 0.15) is 11.1 Å². The van der Waals surface area contributed by atoms with Gasteiger partial charge in [0.15, 0.2) is 16.7 Å². The molecule has 2 N–H and O–H groups in total. The molecular formula is C28H20FN5O2S2. The van der Waals surface area contributed by atoms with E-state index in [1.807, 2.05) is 29.9 Å². The number of nitrogens with zero attached hydrogens (tertiary/aromatic N) is 3. The monoisotopic (exact) mass is 541 g/mol. The van der Waals surface area contributed by atoms with Crippen molar-refractivity contribution in [1.82, 2.24) is 19.9 Å². The minimum atomic E-state index is -0.599. The van der Waals surface area contributed by atoms with Crippen LogP contribution in [0.4, 0.5) is 10.1 Å². The van der Waals surface area contributed by atoms with Gasteiger partial charge in [0.1, 0.15) is 11.6 Å². The Balaban J connectivity index is 1.26. The quantitative estimate of drug-likeness (QED) is 0.213. The number of aryl methyl sites for hydroxylation is 1. The summed E-state index contributed by atoms with van der Waals surface area (Å²) in [7, 11) is 1.91. The normalized spacial score (nSPS) is 10.7. The highest BCUT2D eigenvalue weighted by molar-refractivity contribution is 7.80. The summed E-state index contributed by atoms with van der Waals surface area (Å²) >= 11 is 6.69. The topological polar surface area (TPSA) is 81.1 Å². The van der Waals surface area contributed by atoms with E-state index in [1.165, 1.54) is 23.5 Å². The number of hydrogen-bond donors (Lipinski definition) is 2. The van der Waals surface area contributed by atoms with E-state index < -0.39 is 5.82 Å². The summed E-state index contributed by atoms with van der Waals surface area (Å²) in [6.45, 7) is 0. The molecule has 5 aromatic rings. The molecule has 0 unspecified atom stereocenters. The highest BCUT2D eigenvalue weighted by Gasteiger charge is 2.15. The van der Waals surface area contributed by atoms with Crippen molar-refractivity contribution in [2.24, 2.45) is 7.05 Å². The highest BCUT2D eigenvalue weighted by atomic mass is 32.1. The number of thiocarbonyl (C=S) groups is 1. The predicted octanol–water partition coefficient (Wildman–Crippen LogP) is 5.67. The lowest BCUT2D eigenvalue weighted by Crippen LogP contribution is -2.35. The van der Waals surface area contributed by atoms with Gasteiger partial charge in [-0.05, 0) is 42.0 Å². The lowest BCUT2D eigenvalue weighted by molar-refractivity contribution is -0.119. The summed E-state index contributed by atoms with van der Waals surface area (Å²) in [5.41, 5.74) is 2.44. The maximum atomic E-state index is 15.0. The molecule has 0 aliphatic heterocycles. The van der Waals surface area contributed by atoms with Crippen LogP contribution in [0.2, 0.25) is 0 Å². The Kier molecular flexibility index (Phi) is 7.13. The standard InChI is InChI=1S/C28H20FN5O2S2/c1-3-17-6-4-5-7-18(17)14-25(35)33-28(37)32-19-8-9-22(20(29)15-19)36-23-10-11-30-21-16-24(38-26(21)23)27-31-12-13-34(27)2/h1,4-13,15-16H,14H2,2H3,(H2,32,33,35,37). The molecule has 0 aliphatic carbocycles. The van der Waals surface area contributed by atoms with Gasteiger partial charge in [0.25, 0.3) is 0 Å². The fourth-order valence-corrected chi connectivity index (χ4v) is 5.15. The first kappa shape index (κ1) is 25.1. The lowest BCUT2D eigenvalue weighted by Gasteiger charge is -2.12. The van der Waals surface area contributed by atoms with Crippen LogP contribution in [0.15, 0.2) is 73.2 Å². The number of fused-ring (bicyclic) bond motifs is 1. The Morgan fingerprint density at radius 3 is 2.76 bits per heavy atom. The number of nitrogens with one attached hydrogen (secondary N) is 2. The molecule has 1 amide bonds. The Hall–Kier alpha value is -4.59. The van der Waals surface area contributed by atoms with Gasteiger partial charge >= 0.3 is 0 Å². The number of imidazole rings is 1. The van der Waals surface area contributed by atoms with Gasteiger partial charge in [0.2, 0.25) is 5.91 Å². The molecule has 0 spiro atoms. The Morgan fingerprint density at radius 2 is 2.00 bits per heavy atom. The van der Waals surface area contributed by atoms with E-state index >= 15 is 0 Å². The van der Waals surface area contributed by atoms with Gasteiger partial charge in [-0.15, -0.1) is 17.8 Å². The summed E-state index contributed by atoms with van der Waals surface area (Å²) in [5, 5.41) is 5.45. The second-order valence-corrected chi connectivity index (χ2v) is 9.68. The molecule has 0 bridgehead atoms. The van der Waals surface area contributed by atoms with Gasteiger partial charge in [-0.1, -0.05) is 24.1 Å². The van der Waals surface area contributed by atoms with Gasteiger partial charge < -0.3 is 19.9 Å². The van der Waals surface area contributed by atoms with Crippen molar-refractivity contribution in [2.75, 3.05) is 5.32 Å². The second-order valence-electron chi connectivity index (χ2n) is 8.22. The van der Waals surface area contributed by atoms with Crippen molar-refractivity contribution in [3.8, 4) is 34.5 Å². The van der Waals surface area contributed by atoms with Gasteiger partial charge in [0.05, 0.1) is 21.5 Å². The van der Waals surface area contributed by atoms with Crippen LogP contribution in [0.3, 0.4) is 0 Å². The first-order chi connectivity index (χ1) is 18.4. The number of ether oxygens (including phenoxy) is 1. The molecule has 3 aromatic heterocycles. The summed E-state index contributed by atoms with van der Waals surface area (Å²) in [4.78, 5) is 22.1. The molecule has 38 heavy (non-hydrogen) atoms. The number of hydrogen-bond acceptors (Lipinski definition) is 6. The van der Waals surface area contributed by atoms with Crippen LogP contribution >= 0.6 is 23.6 Å². The zero-order valence-corrected chi connectivity index (χ0v) is 21.7. The lowest BCUT2D eigenvalue weighted by atomic mass is 10.1. The molecule has 0 fully saturated rings. The number of thiophene rings is 1. The van der Waals surface area contributed by atoms with E-state index in [1.54, 1.807) is 42.7 Å². The summed E-state index contributed by atoms with van der Waals surface area (Å²) in [6, 6.07) is 15.1. The molecular weight excluding hydrogens is 521 g/mol. The predicted molar refractivity (Wildman–Crippen MR) is 151 cm³/mol. The van der Waals surface area contributed by atoms with Gasteiger partial charge in [0, 0.05) is 49.0 Å². The molecule has 7 nitrogen and oxygen atoms in total. The summed E-state index contributed by atoms with van der Waals surface area (Å²) < 4.78 is 23.6. The average molecular weight is 542 g/mol. The van der Waals surface area contributed by atoms with Gasteiger partial charge in [-0.25, -0.2) is 9.37 Å². The van der Waals surface area contributed by atoms with E-state index in [0.717, 1.165) is 20.9 Å². The van der Waals surface area contributed by atoms with Crippen molar-refractivity contribution < 1.29 is 13.9 Å². The summed E-state index contributed by atoms with van der Waals surface area (Å²) in [6.07, 6.45) is 10.8. The van der Waals surface area contributed by atoms with E-state index in [9.17, 15) is 9.18 Å². The number of anilines is 1. The third-order valence-corrected chi connectivity index (χ3v) is 6.94. The number of benzene rings is 2. The van der Waals surface area contributed by atoms with Gasteiger partial charge in [-0.3, -0.25) is 9.78 Å². The number of amides is 1. The number of terminal acetylenes is 1.